The number of halogens is 3. The maximum absolute atomic E-state index is 12.9. The Kier molecular flexibility index (Phi) is 6.93. The fourth-order valence-electron chi connectivity index (χ4n) is 2.82. The molecule has 2 aromatic heterocycles. The first-order chi connectivity index (χ1) is 15.4. The van der Waals surface area contributed by atoms with E-state index in [0.717, 1.165) is 17.8 Å². The average Bonchev–Trinajstić information content (AvgIpc) is 2.72. The van der Waals surface area contributed by atoms with Crippen LogP contribution in [0.5, 0.6) is 0 Å². The fourth-order valence-corrected chi connectivity index (χ4v) is 3.21. The Bertz CT molecular complexity index is 1260. The first kappa shape index (κ1) is 24.1. The van der Waals surface area contributed by atoms with Crippen molar-refractivity contribution >= 4 is 27.6 Å². The van der Waals surface area contributed by atoms with Crippen LogP contribution >= 0.6 is 0 Å². The summed E-state index contributed by atoms with van der Waals surface area (Å²) in [4.78, 5) is 23.5. The normalized spacial score (nSPS) is 11.8. The summed E-state index contributed by atoms with van der Waals surface area (Å²) in [5, 5.41) is 10.1. The number of pyridine rings is 1. The predicted molar refractivity (Wildman–Crippen MR) is 115 cm³/mol. The summed E-state index contributed by atoms with van der Waals surface area (Å²) < 4.78 is 60.5. The highest BCUT2D eigenvalue weighted by Crippen LogP contribution is 2.29. The summed E-state index contributed by atoms with van der Waals surface area (Å²) >= 11 is 0. The van der Waals surface area contributed by atoms with Crippen molar-refractivity contribution in [1.82, 2.24) is 20.3 Å². The Hall–Kier alpha value is -3.58. The molecular weight excluding hydrogens is 461 g/mol. The van der Waals surface area contributed by atoms with E-state index in [-0.39, 0.29) is 18.2 Å². The van der Waals surface area contributed by atoms with Crippen molar-refractivity contribution in [2.24, 2.45) is 5.14 Å². The minimum absolute atomic E-state index is 0.0801. The minimum atomic E-state index is -4.59. The van der Waals surface area contributed by atoms with Crippen molar-refractivity contribution in [3.05, 3.63) is 65.7 Å². The molecule has 0 aliphatic heterocycles. The second kappa shape index (κ2) is 9.50. The molecule has 0 unspecified atom stereocenters. The molecule has 4 N–H and O–H groups in total. The summed E-state index contributed by atoms with van der Waals surface area (Å²) in [5.41, 5.74) is 1.64. The van der Waals surface area contributed by atoms with Crippen LogP contribution in [0, 0.1) is 6.92 Å². The van der Waals surface area contributed by atoms with Crippen LogP contribution in [0.4, 0.5) is 24.8 Å². The average molecular weight is 480 g/mol. The highest BCUT2D eigenvalue weighted by atomic mass is 32.2. The van der Waals surface area contributed by atoms with Gasteiger partial charge in [-0.25, -0.2) is 23.5 Å². The van der Waals surface area contributed by atoms with Gasteiger partial charge < -0.3 is 10.6 Å². The zero-order valence-electron chi connectivity index (χ0n) is 17.2. The molecule has 13 heteroatoms. The van der Waals surface area contributed by atoms with Crippen molar-refractivity contribution in [3.8, 4) is 11.1 Å². The number of benzene rings is 1. The van der Waals surface area contributed by atoms with Crippen molar-refractivity contribution in [3.63, 3.8) is 0 Å². The summed E-state index contributed by atoms with van der Waals surface area (Å²) in [5.74, 6) is -1.16. The number of carbonyl (C=O) groups excluding carboxylic acids is 1. The third-order valence-corrected chi connectivity index (χ3v) is 5.05. The molecule has 0 saturated heterocycles. The zero-order valence-corrected chi connectivity index (χ0v) is 18.0. The minimum Gasteiger partial charge on any atom is -0.350 e. The Morgan fingerprint density at radius 3 is 2.48 bits per heavy atom. The highest BCUT2D eigenvalue weighted by Gasteiger charge is 2.32. The van der Waals surface area contributed by atoms with Crippen LogP contribution in [0.25, 0.3) is 11.1 Å². The van der Waals surface area contributed by atoms with Gasteiger partial charge in [0, 0.05) is 30.2 Å². The number of hydrogen-bond acceptors (Lipinski definition) is 7. The molecule has 3 aromatic rings. The van der Waals surface area contributed by atoms with Gasteiger partial charge in [-0.2, -0.15) is 13.2 Å². The van der Waals surface area contributed by atoms with Gasteiger partial charge in [0.15, 0.2) is 0 Å². The smallest absolute Gasteiger partial charge is 0.350 e. The van der Waals surface area contributed by atoms with Crippen LogP contribution < -0.4 is 15.8 Å². The summed E-state index contributed by atoms with van der Waals surface area (Å²) in [6.45, 7) is 1.66. The molecule has 0 aliphatic carbocycles. The van der Waals surface area contributed by atoms with Gasteiger partial charge >= 0.3 is 6.18 Å². The van der Waals surface area contributed by atoms with Crippen molar-refractivity contribution in [2.45, 2.75) is 13.1 Å². The molecule has 9 nitrogen and oxygen atoms in total. The van der Waals surface area contributed by atoms with E-state index in [2.05, 4.69) is 25.6 Å². The largest absolute Gasteiger partial charge is 0.433 e. The number of sulfonamides is 1. The summed E-state index contributed by atoms with van der Waals surface area (Å²) in [7, 11) is -3.69. The second-order valence-electron chi connectivity index (χ2n) is 7.03. The van der Waals surface area contributed by atoms with E-state index in [4.69, 9.17) is 5.14 Å². The van der Waals surface area contributed by atoms with Crippen LogP contribution in [-0.4, -0.2) is 41.6 Å². The SMILES string of the molecule is Cc1cc(Nc2nccc(C(F)(F)F)n2)cc(-c2ccc(C(=O)NCCS(N)(=O)=O)nc2)c1. The van der Waals surface area contributed by atoms with E-state index in [1.807, 2.05) is 13.0 Å². The number of nitrogens with one attached hydrogen (secondary N) is 2. The lowest BCUT2D eigenvalue weighted by Gasteiger charge is -2.11. The summed E-state index contributed by atoms with van der Waals surface area (Å²) in [6.07, 6.45) is -2.12. The van der Waals surface area contributed by atoms with E-state index in [1.54, 1.807) is 18.2 Å². The molecule has 3 rings (SSSR count). The molecule has 0 fully saturated rings. The monoisotopic (exact) mass is 480 g/mol. The molecule has 0 radical (unpaired) electrons. The Labute approximate surface area is 187 Å². The maximum Gasteiger partial charge on any atom is 0.433 e. The number of rotatable bonds is 7. The first-order valence-electron chi connectivity index (χ1n) is 9.45. The third-order valence-electron chi connectivity index (χ3n) is 4.28. The first-order valence-corrected chi connectivity index (χ1v) is 11.2. The molecular formula is C20H19F3N6O3S. The molecule has 1 amide bonds. The number of primary sulfonamides is 1. The van der Waals surface area contributed by atoms with Crippen molar-refractivity contribution in [1.29, 1.82) is 0 Å². The van der Waals surface area contributed by atoms with Crippen LogP contribution in [0.3, 0.4) is 0 Å². The van der Waals surface area contributed by atoms with Gasteiger partial charge in [0.2, 0.25) is 16.0 Å². The fraction of sp³-hybridized carbons (Fsp3) is 0.200. The molecule has 174 valence electrons. The van der Waals surface area contributed by atoms with Gasteiger partial charge in [-0.05, 0) is 42.3 Å². The molecule has 0 atom stereocenters. The van der Waals surface area contributed by atoms with E-state index >= 15 is 0 Å². The number of carbonyl (C=O) groups is 1. The number of alkyl halides is 3. The third kappa shape index (κ3) is 6.95. The standard InChI is InChI=1S/C20H19F3N6O3S/c1-12-8-14(10-15(9-12)28-19-26-5-4-17(29-19)20(21,22)23)13-2-3-16(27-11-13)18(30)25-6-7-33(24,31)32/h2-5,8-11H,6-7H2,1H3,(H,25,30)(H2,24,31,32)(H,26,28,29). The maximum atomic E-state index is 12.9. The number of amides is 1. The summed E-state index contributed by atoms with van der Waals surface area (Å²) in [6, 6.07) is 9.12. The quantitative estimate of drug-likeness (QED) is 0.472. The van der Waals surface area contributed by atoms with E-state index in [9.17, 15) is 26.4 Å². The van der Waals surface area contributed by atoms with Crippen molar-refractivity contribution in [2.75, 3.05) is 17.6 Å². The van der Waals surface area contributed by atoms with Crippen molar-refractivity contribution < 1.29 is 26.4 Å². The lowest BCUT2D eigenvalue weighted by Crippen LogP contribution is -2.31. The highest BCUT2D eigenvalue weighted by molar-refractivity contribution is 7.89. The van der Waals surface area contributed by atoms with E-state index in [1.165, 1.54) is 12.3 Å². The van der Waals surface area contributed by atoms with Gasteiger partial charge in [0.05, 0.1) is 5.75 Å². The Morgan fingerprint density at radius 2 is 1.85 bits per heavy atom. The molecule has 0 saturated carbocycles. The predicted octanol–water partition coefficient (Wildman–Crippen LogP) is 2.63. The lowest BCUT2D eigenvalue weighted by molar-refractivity contribution is -0.141. The second-order valence-corrected chi connectivity index (χ2v) is 8.76. The Morgan fingerprint density at radius 1 is 1.09 bits per heavy atom. The van der Waals surface area contributed by atoms with Crippen LogP contribution in [0.1, 0.15) is 21.7 Å². The van der Waals surface area contributed by atoms with Gasteiger partial charge in [0.25, 0.3) is 5.91 Å². The molecule has 0 aliphatic rings. The van der Waals surface area contributed by atoms with Gasteiger partial charge in [-0.1, -0.05) is 12.1 Å². The van der Waals surface area contributed by atoms with Gasteiger partial charge in [-0.3, -0.25) is 9.78 Å². The Balaban J connectivity index is 1.76. The number of nitrogens with two attached hydrogens (primary N) is 1. The van der Waals surface area contributed by atoms with E-state index < -0.39 is 33.6 Å². The molecule has 0 spiro atoms. The van der Waals surface area contributed by atoms with Crippen LogP contribution in [0.2, 0.25) is 0 Å². The van der Waals surface area contributed by atoms with Gasteiger partial charge in [-0.15, -0.1) is 0 Å². The molecule has 2 heterocycles. The molecule has 33 heavy (non-hydrogen) atoms. The number of nitrogens with zero attached hydrogens (tertiary/aromatic N) is 3. The molecule has 0 bridgehead atoms. The lowest BCUT2D eigenvalue weighted by atomic mass is 10.0. The number of anilines is 2. The van der Waals surface area contributed by atoms with Gasteiger partial charge in [0.1, 0.15) is 11.4 Å². The number of aromatic nitrogens is 3. The number of hydrogen-bond donors (Lipinski definition) is 3. The van der Waals surface area contributed by atoms with E-state index in [0.29, 0.717) is 16.8 Å². The topological polar surface area (TPSA) is 140 Å². The van der Waals surface area contributed by atoms with Crippen LogP contribution in [-0.2, 0) is 16.2 Å². The van der Waals surface area contributed by atoms with Crippen LogP contribution in [0.15, 0.2) is 48.8 Å². The number of aryl methyl sites for hydroxylation is 1. The molecule has 1 aromatic carbocycles. The zero-order chi connectivity index (χ0) is 24.2.